The van der Waals surface area contributed by atoms with Crippen molar-refractivity contribution in [3.63, 3.8) is 0 Å². The Bertz CT molecular complexity index is 858. The second kappa shape index (κ2) is 4.71. The smallest absolute Gasteiger partial charge is 0.162 e. The number of rotatable bonds is 1. The lowest BCUT2D eigenvalue weighted by molar-refractivity contribution is 0.912. The average Bonchev–Trinajstić information content (AvgIpc) is 2.95. The largest absolute Gasteiger partial charge is 0.383 e. The predicted octanol–water partition coefficient (Wildman–Crippen LogP) is 4.02. The highest BCUT2D eigenvalue weighted by Gasteiger charge is 2.13. The first kappa shape index (κ1) is 12.6. The molecule has 0 amide bonds. The van der Waals surface area contributed by atoms with Crippen molar-refractivity contribution in [2.24, 2.45) is 0 Å². The fourth-order valence-electron chi connectivity index (χ4n) is 2.96. The zero-order valence-electron chi connectivity index (χ0n) is 11.4. The molecule has 0 aliphatic heterocycles. The summed E-state index contributed by atoms with van der Waals surface area (Å²) in [7, 11) is 0. The van der Waals surface area contributed by atoms with Gasteiger partial charge in [-0.05, 0) is 54.7 Å². The van der Waals surface area contributed by atoms with Gasteiger partial charge in [0.2, 0.25) is 0 Å². The molecule has 3 aromatic rings. The molecule has 0 saturated carbocycles. The molecule has 0 bridgehead atoms. The van der Waals surface area contributed by atoms with Crippen LogP contribution in [0.1, 0.15) is 17.5 Å². The quantitative estimate of drug-likeness (QED) is 0.737. The molecule has 4 rings (SSSR count). The van der Waals surface area contributed by atoms with Crippen molar-refractivity contribution < 1.29 is 0 Å². The van der Waals surface area contributed by atoms with E-state index < -0.39 is 0 Å². The molecule has 21 heavy (non-hydrogen) atoms. The maximum atomic E-state index is 6.07. The summed E-state index contributed by atoms with van der Waals surface area (Å²) in [4.78, 5) is 9.07. The van der Waals surface area contributed by atoms with Crippen LogP contribution in [0.3, 0.4) is 0 Å². The molecule has 3 nitrogen and oxygen atoms in total. The van der Waals surface area contributed by atoms with Gasteiger partial charge < -0.3 is 5.73 Å². The first-order chi connectivity index (χ1) is 10.2. The number of benzene rings is 2. The Hall–Kier alpha value is -2.13. The lowest BCUT2D eigenvalue weighted by atomic mass is 10.1. The SMILES string of the molecule is Nc1nc(-c2ccc3c(c2)CCC3)nc2ccc(Cl)cc12. The van der Waals surface area contributed by atoms with Gasteiger partial charge in [0, 0.05) is 16.0 Å². The summed E-state index contributed by atoms with van der Waals surface area (Å²) in [5.74, 6) is 1.15. The molecule has 0 saturated heterocycles. The molecule has 1 heterocycles. The fraction of sp³-hybridized carbons (Fsp3) is 0.176. The minimum Gasteiger partial charge on any atom is -0.383 e. The summed E-state index contributed by atoms with van der Waals surface area (Å²) >= 11 is 6.00. The van der Waals surface area contributed by atoms with Crippen LogP contribution in [0, 0.1) is 0 Å². The molecule has 4 heteroatoms. The molecule has 0 unspecified atom stereocenters. The Morgan fingerprint density at radius 2 is 1.81 bits per heavy atom. The minimum atomic E-state index is 0.470. The van der Waals surface area contributed by atoms with Gasteiger partial charge in [-0.1, -0.05) is 23.7 Å². The van der Waals surface area contributed by atoms with Gasteiger partial charge in [-0.3, -0.25) is 0 Å². The average molecular weight is 296 g/mol. The molecule has 1 aliphatic carbocycles. The summed E-state index contributed by atoms with van der Waals surface area (Å²) in [6.07, 6.45) is 3.55. The van der Waals surface area contributed by atoms with E-state index >= 15 is 0 Å². The molecule has 2 aromatic carbocycles. The van der Waals surface area contributed by atoms with E-state index in [0.29, 0.717) is 16.7 Å². The van der Waals surface area contributed by atoms with E-state index in [0.717, 1.165) is 22.9 Å². The number of anilines is 1. The first-order valence-corrected chi connectivity index (χ1v) is 7.43. The van der Waals surface area contributed by atoms with Crippen LogP contribution in [0.2, 0.25) is 5.02 Å². The third kappa shape index (κ3) is 2.14. The van der Waals surface area contributed by atoms with Gasteiger partial charge in [0.25, 0.3) is 0 Å². The summed E-state index contributed by atoms with van der Waals surface area (Å²) in [6, 6.07) is 12.0. The second-order valence-corrected chi connectivity index (χ2v) is 5.87. The maximum absolute atomic E-state index is 6.07. The highest BCUT2D eigenvalue weighted by atomic mass is 35.5. The van der Waals surface area contributed by atoms with Crippen LogP contribution >= 0.6 is 11.6 Å². The second-order valence-electron chi connectivity index (χ2n) is 5.43. The molecular weight excluding hydrogens is 282 g/mol. The monoisotopic (exact) mass is 295 g/mol. The highest BCUT2D eigenvalue weighted by molar-refractivity contribution is 6.31. The van der Waals surface area contributed by atoms with Crippen LogP contribution in [-0.4, -0.2) is 9.97 Å². The number of nitrogens with two attached hydrogens (primary N) is 1. The van der Waals surface area contributed by atoms with Gasteiger partial charge in [0.15, 0.2) is 5.82 Å². The molecule has 0 atom stereocenters. The summed E-state index contributed by atoms with van der Waals surface area (Å²) in [5, 5.41) is 1.44. The van der Waals surface area contributed by atoms with Crippen molar-refractivity contribution in [2.45, 2.75) is 19.3 Å². The van der Waals surface area contributed by atoms with E-state index in [2.05, 4.69) is 28.2 Å². The molecule has 0 radical (unpaired) electrons. The fourth-order valence-corrected chi connectivity index (χ4v) is 3.14. The number of aromatic nitrogens is 2. The topological polar surface area (TPSA) is 51.8 Å². The van der Waals surface area contributed by atoms with E-state index in [1.54, 1.807) is 6.07 Å². The summed E-state index contributed by atoms with van der Waals surface area (Å²) in [5.41, 5.74) is 10.8. The molecule has 104 valence electrons. The summed E-state index contributed by atoms with van der Waals surface area (Å²) in [6.45, 7) is 0. The zero-order valence-corrected chi connectivity index (χ0v) is 12.2. The Kier molecular flexibility index (Phi) is 2.82. The zero-order chi connectivity index (χ0) is 14.4. The number of nitrogens with zero attached hydrogens (tertiary/aromatic N) is 2. The van der Waals surface area contributed by atoms with Crippen molar-refractivity contribution in [3.8, 4) is 11.4 Å². The van der Waals surface area contributed by atoms with Crippen LogP contribution in [0.5, 0.6) is 0 Å². The molecule has 1 aromatic heterocycles. The van der Waals surface area contributed by atoms with E-state index in [1.165, 1.54) is 24.0 Å². The van der Waals surface area contributed by atoms with E-state index in [4.69, 9.17) is 17.3 Å². The van der Waals surface area contributed by atoms with Crippen LogP contribution in [0.4, 0.5) is 5.82 Å². The predicted molar refractivity (Wildman–Crippen MR) is 86.4 cm³/mol. The Balaban J connectivity index is 1.89. The van der Waals surface area contributed by atoms with Crippen molar-refractivity contribution in [3.05, 3.63) is 52.5 Å². The normalized spacial score (nSPS) is 13.6. The van der Waals surface area contributed by atoms with E-state index in [-0.39, 0.29) is 0 Å². The number of aryl methyl sites for hydroxylation is 2. The van der Waals surface area contributed by atoms with Gasteiger partial charge in [-0.2, -0.15) is 0 Å². The minimum absolute atomic E-state index is 0.470. The molecule has 1 aliphatic rings. The van der Waals surface area contributed by atoms with Crippen molar-refractivity contribution in [2.75, 3.05) is 5.73 Å². The highest BCUT2D eigenvalue weighted by Crippen LogP contribution is 2.29. The Morgan fingerprint density at radius 1 is 0.952 bits per heavy atom. The van der Waals surface area contributed by atoms with Crippen LogP contribution < -0.4 is 5.73 Å². The third-order valence-corrected chi connectivity index (χ3v) is 4.28. The van der Waals surface area contributed by atoms with Gasteiger partial charge in [-0.25, -0.2) is 9.97 Å². The number of hydrogen-bond donors (Lipinski definition) is 1. The van der Waals surface area contributed by atoms with Crippen molar-refractivity contribution in [1.29, 1.82) is 0 Å². The van der Waals surface area contributed by atoms with E-state index in [9.17, 15) is 0 Å². The van der Waals surface area contributed by atoms with Crippen LogP contribution in [-0.2, 0) is 12.8 Å². The Labute approximate surface area is 127 Å². The van der Waals surface area contributed by atoms with Gasteiger partial charge >= 0.3 is 0 Å². The molecule has 0 fully saturated rings. The number of hydrogen-bond acceptors (Lipinski definition) is 3. The lowest BCUT2D eigenvalue weighted by Crippen LogP contribution is -1.98. The standard InChI is InChI=1S/C17H14ClN3/c18-13-6-7-15-14(9-13)16(19)21-17(20-15)12-5-4-10-2-1-3-11(10)8-12/h4-9H,1-3H2,(H2,19,20,21). The number of halogens is 1. The maximum Gasteiger partial charge on any atom is 0.162 e. The van der Waals surface area contributed by atoms with Crippen molar-refractivity contribution in [1.82, 2.24) is 9.97 Å². The number of nitrogen functional groups attached to an aromatic ring is 1. The third-order valence-electron chi connectivity index (χ3n) is 4.04. The van der Waals surface area contributed by atoms with Gasteiger partial charge in [0.05, 0.1) is 5.52 Å². The van der Waals surface area contributed by atoms with Gasteiger partial charge in [-0.15, -0.1) is 0 Å². The summed E-state index contributed by atoms with van der Waals surface area (Å²) < 4.78 is 0. The van der Waals surface area contributed by atoms with Gasteiger partial charge in [0.1, 0.15) is 5.82 Å². The van der Waals surface area contributed by atoms with Crippen LogP contribution in [0.25, 0.3) is 22.3 Å². The molecule has 2 N–H and O–H groups in total. The first-order valence-electron chi connectivity index (χ1n) is 7.06. The Morgan fingerprint density at radius 3 is 2.71 bits per heavy atom. The lowest BCUT2D eigenvalue weighted by Gasteiger charge is -2.07. The van der Waals surface area contributed by atoms with Crippen LogP contribution in [0.15, 0.2) is 36.4 Å². The van der Waals surface area contributed by atoms with E-state index in [1.807, 2.05) is 12.1 Å². The van der Waals surface area contributed by atoms with Crippen molar-refractivity contribution >= 4 is 28.3 Å². The number of fused-ring (bicyclic) bond motifs is 2. The molecule has 0 spiro atoms. The molecular formula is C17H14ClN3.